The molecule has 2 amide bonds. The molecule has 1 aliphatic heterocycles. The molecule has 1 heterocycles. The molecule has 0 fully saturated rings. The van der Waals surface area contributed by atoms with Crippen LogP contribution < -0.4 is 10.0 Å². The first-order chi connectivity index (χ1) is 15.5. The molecule has 8 heteroatoms. The van der Waals surface area contributed by atoms with Crippen LogP contribution in [0, 0.1) is 0 Å². The fourth-order valence-corrected chi connectivity index (χ4v) is 3.94. The van der Waals surface area contributed by atoms with Gasteiger partial charge in [0.1, 0.15) is 11.4 Å². The molecule has 172 valence electrons. The second kappa shape index (κ2) is 9.64. The lowest BCUT2D eigenvalue weighted by Crippen LogP contribution is -2.36. The molecule has 7 nitrogen and oxygen atoms in total. The minimum absolute atomic E-state index is 0.00862. The number of nitrogens with one attached hydrogen (secondary N) is 2. The predicted molar refractivity (Wildman–Crippen MR) is 129 cm³/mol. The van der Waals surface area contributed by atoms with E-state index in [1.165, 1.54) is 12.0 Å². The standard InChI is InChI=1S/C25H27N3O4S/c1-15(24(31)32-6)26-22(29)16(2)28-14-21-19(8-7-9-20(21)23(28)30)17-10-12-18(13-11-17)33-27-25(3,4)5/h7-13,27H,1-2,14H2,3-6H3,(H,26,29). The average Bonchev–Trinajstić information content (AvgIpc) is 3.13. The topological polar surface area (TPSA) is 87.7 Å². The van der Waals surface area contributed by atoms with Crippen molar-refractivity contribution in [3.63, 3.8) is 0 Å². The van der Waals surface area contributed by atoms with Gasteiger partial charge in [-0.15, -0.1) is 0 Å². The molecule has 0 bridgehead atoms. The zero-order valence-corrected chi connectivity index (χ0v) is 20.0. The Kier molecular flexibility index (Phi) is 7.09. The van der Waals surface area contributed by atoms with Crippen molar-refractivity contribution in [3.05, 3.63) is 78.1 Å². The zero-order chi connectivity index (χ0) is 24.3. The summed E-state index contributed by atoms with van der Waals surface area (Å²) in [5.41, 5.74) is 2.90. The second-order valence-corrected chi connectivity index (χ2v) is 9.45. The average molecular weight is 466 g/mol. The highest BCUT2D eigenvalue weighted by molar-refractivity contribution is 7.97. The van der Waals surface area contributed by atoms with E-state index in [2.05, 4.69) is 48.7 Å². The summed E-state index contributed by atoms with van der Waals surface area (Å²) in [6.45, 7) is 13.7. The van der Waals surface area contributed by atoms with Crippen LogP contribution in [0.1, 0.15) is 36.7 Å². The van der Waals surface area contributed by atoms with Crippen LogP contribution in [0.25, 0.3) is 11.1 Å². The lowest BCUT2D eigenvalue weighted by atomic mass is 9.97. The Morgan fingerprint density at radius 1 is 1.06 bits per heavy atom. The number of esters is 1. The monoisotopic (exact) mass is 465 g/mol. The third kappa shape index (κ3) is 5.53. The van der Waals surface area contributed by atoms with Crippen LogP contribution in [0.15, 0.2) is 71.9 Å². The van der Waals surface area contributed by atoms with E-state index < -0.39 is 11.9 Å². The van der Waals surface area contributed by atoms with Crippen molar-refractivity contribution in [3.8, 4) is 11.1 Å². The summed E-state index contributed by atoms with van der Waals surface area (Å²) in [5.74, 6) is -1.79. The summed E-state index contributed by atoms with van der Waals surface area (Å²) in [6, 6.07) is 13.6. The maximum Gasteiger partial charge on any atom is 0.353 e. The van der Waals surface area contributed by atoms with Crippen molar-refractivity contribution in [1.82, 2.24) is 14.9 Å². The normalized spacial score (nSPS) is 12.8. The SMILES string of the molecule is C=C(NC(=O)C(=C)N1Cc2c(cccc2-c2ccc(SNC(C)(C)C)cc2)C1=O)C(=O)OC. The molecule has 3 rings (SSSR count). The first kappa shape index (κ1) is 24.3. The van der Waals surface area contributed by atoms with Gasteiger partial charge in [0.15, 0.2) is 0 Å². The van der Waals surface area contributed by atoms with Gasteiger partial charge in [0.2, 0.25) is 0 Å². The van der Waals surface area contributed by atoms with E-state index in [4.69, 9.17) is 0 Å². The molecule has 0 aromatic heterocycles. The van der Waals surface area contributed by atoms with Crippen LogP contribution in [0.2, 0.25) is 0 Å². The molecule has 1 aliphatic rings. The van der Waals surface area contributed by atoms with Crippen molar-refractivity contribution in [2.24, 2.45) is 0 Å². The van der Waals surface area contributed by atoms with Gasteiger partial charge in [-0.3, -0.25) is 19.2 Å². The predicted octanol–water partition coefficient (Wildman–Crippen LogP) is 4.02. The number of fused-ring (bicyclic) bond motifs is 1. The number of carbonyl (C=O) groups is 3. The summed E-state index contributed by atoms with van der Waals surface area (Å²) in [4.78, 5) is 39.4. The van der Waals surface area contributed by atoms with Gasteiger partial charge in [-0.2, -0.15) is 0 Å². The number of hydrogen-bond acceptors (Lipinski definition) is 6. The van der Waals surface area contributed by atoms with Gasteiger partial charge in [0.25, 0.3) is 11.8 Å². The fraction of sp³-hybridized carbons (Fsp3) is 0.240. The second-order valence-electron chi connectivity index (χ2n) is 8.57. The molecule has 0 spiro atoms. The number of ether oxygens (including phenoxy) is 1. The molecular weight excluding hydrogens is 438 g/mol. The van der Waals surface area contributed by atoms with Gasteiger partial charge in [-0.1, -0.05) is 37.4 Å². The lowest BCUT2D eigenvalue weighted by molar-refractivity contribution is -0.137. The van der Waals surface area contributed by atoms with E-state index in [0.29, 0.717) is 5.56 Å². The molecule has 33 heavy (non-hydrogen) atoms. The van der Waals surface area contributed by atoms with E-state index >= 15 is 0 Å². The molecule has 2 aromatic rings. The summed E-state index contributed by atoms with van der Waals surface area (Å²) < 4.78 is 7.91. The van der Waals surface area contributed by atoms with E-state index in [1.54, 1.807) is 18.0 Å². The molecule has 0 aliphatic carbocycles. The highest BCUT2D eigenvalue weighted by Crippen LogP contribution is 2.35. The minimum Gasteiger partial charge on any atom is -0.464 e. The third-order valence-corrected chi connectivity index (χ3v) is 6.11. The Morgan fingerprint density at radius 3 is 2.30 bits per heavy atom. The molecular formula is C25H27N3O4S. The highest BCUT2D eigenvalue weighted by atomic mass is 32.2. The molecule has 0 unspecified atom stereocenters. The third-order valence-electron chi connectivity index (χ3n) is 4.89. The summed E-state index contributed by atoms with van der Waals surface area (Å²) >= 11 is 1.56. The van der Waals surface area contributed by atoms with Gasteiger partial charge < -0.3 is 10.1 Å². The smallest absolute Gasteiger partial charge is 0.353 e. The van der Waals surface area contributed by atoms with Gasteiger partial charge in [0, 0.05) is 16.0 Å². The van der Waals surface area contributed by atoms with Gasteiger partial charge >= 0.3 is 5.97 Å². The van der Waals surface area contributed by atoms with Crippen molar-refractivity contribution in [1.29, 1.82) is 0 Å². The van der Waals surface area contributed by atoms with Crippen LogP contribution in [0.3, 0.4) is 0 Å². The number of nitrogens with zero attached hydrogens (tertiary/aromatic N) is 1. The Balaban J connectivity index is 1.79. The number of amides is 2. The van der Waals surface area contributed by atoms with Gasteiger partial charge in [0.05, 0.1) is 13.7 Å². The van der Waals surface area contributed by atoms with Gasteiger partial charge in [-0.05, 0) is 67.6 Å². The maximum atomic E-state index is 13.0. The summed E-state index contributed by atoms with van der Waals surface area (Å²) in [5, 5.41) is 2.32. The Labute approximate surface area is 198 Å². The minimum atomic E-state index is -0.770. The van der Waals surface area contributed by atoms with E-state index in [1.807, 2.05) is 36.4 Å². The van der Waals surface area contributed by atoms with Crippen molar-refractivity contribution >= 4 is 29.7 Å². The van der Waals surface area contributed by atoms with E-state index in [0.717, 1.165) is 21.6 Å². The molecule has 0 radical (unpaired) electrons. The van der Waals surface area contributed by atoms with E-state index in [-0.39, 0.29) is 29.4 Å². The van der Waals surface area contributed by atoms with Crippen LogP contribution >= 0.6 is 11.9 Å². The van der Waals surface area contributed by atoms with Crippen molar-refractivity contribution in [2.75, 3.05) is 7.11 Å². The molecule has 0 saturated carbocycles. The van der Waals surface area contributed by atoms with Crippen LogP contribution in [-0.4, -0.2) is 35.3 Å². The van der Waals surface area contributed by atoms with Crippen LogP contribution in [0.5, 0.6) is 0 Å². The maximum absolute atomic E-state index is 13.0. The number of rotatable bonds is 7. The lowest BCUT2D eigenvalue weighted by Gasteiger charge is -2.19. The molecule has 2 N–H and O–H groups in total. The number of carbonyl (C=O) groups excluding carboxylic acids is 3. The van der Waals surface area contributed by atoms with Crippen LogP contribution in [-0.2, 0) is 20.9 Å². The number of hydrogen-bond donors (Lipinski definition) is 2. The number of benzene rings is 2. The van der Waals surface area contributed by atoms with Crippen molar-refractivity contribution in [2.45, 2.75) is 37.8 Å². The fourth-order valence-electron chi connectivity index (χ4n) is 3.24. The molecule has 2 aromatic carbocycles. The summed E-state index contributed by atoms with van der Waals surface area (Å²) in [7, 11) is 1.18. The highest BCUT2D eigenvalue weighted by Gasteiger charge is 2.33. The van der Waals surface area contributed by atoms with Gasteiger partial charge in [-0.25, -0.2) is 4.79 Å². The first-order valence-corrected chi connectivity index (χ1v) is 11.1. The Bertz CT molecular complexity index is 1130. The molecule has 0 atom stereocenters. The Hall–Kier alpha value is -3.36. The van der Waals surface area contributed by atoms with Crippen molar-refractivity contribution < 1.29 is 19.1 Å². The largest absolute Gasteiger partial charge is 0.464 e. The van der Waals surface area contributed by atoms with Crippen LogP contribution in [0.4, 0.5) is 0 Å². The van der Waals surface area contributed by atoms with E-state index in [9.17, 15) is 14.4 Å². The number of methoxy groups -OCH3 is 1. The summed E-state index contributed by atoms with van der Waals surface area (Å²) in [6.07, 6.45) is 0. The zero-order valence-electron chi connectivity index (χ0n) is 19.2. The quantitative estimate of drug-likeness (QED) is 0.365. The Morgan fingerprint density at radius 2 is 1.70 bits per heavy atom. The first-order valence-electron chi connectivity index (χ1n) is 10.3. The molecule has 0 saturated heterocycles.